The number of aliphatic hydroxyl groups is 1. The van der Waals surface area contributed by atoms with E-state index in [0.717, 1.165) is 8.95 Å². The zero-order valence-electron chi connectivity index (χ0n) is 9.95. The third-order valence-corrected chi connectivity index (χ3v) is 3.44. The first-order valence-electron chi connectivity index (χ1n) is 5.54. The number of amides is 1. The lowest BCUT2D eigenvalue weighted by Crippen LogP contribution is -2.39. The number of ether oxygens (including phenoxy) is 1. The molecule has 18 heavy (non-hydrogen) atoms. The number of benzene rings is 1. The van der Waals surface area contributed by atoms with Crippen LogP contribution in [0, 0.1) is 0 Å². The van der Waals surface area contributed by atoms with E-state index in [4.69, 9.17) is 9.84 Å². The molecule has 0 aromatic heterocycles. The molecule has 2 N–H and O–H groups in total. The van der Waals surface area contributed by atoms with Gasteiger partial charge in [0.1, 0.15) is 5.75 Å². The number of halogens is 2. The van der Waals surface area contributed by atoms with Gasteiger partial charge in [0.15, 0.2) is 6.61 Å². The normalized spacial score (nSPS) is 12.0. The summed E-state index contributed by atoms with van der Waals surface area (Å²) in [6.07, 6.45) is 0.685. The average Bonchev–Trinajstić information content (AvgIpc) is 2.35. The van der Waals surface area contributed by atoms with E-state index in [9.17, 15) is 4.79 Å². The second-order valence-corrected chi connectivity index (χ2v) is 5.49. The monoisotopic (exact) mass is 379 g/mol. The predicted octanol–water partition coefficient (Wildman–Crippen LogP) is 2.48. The number of rotatable bonds is 6. The van der Waals surface area contributed by atoms with Crippen LogP contribution in [-0.4, -0.2) is 30.3 Å². The lowest BCUT2D eigenvalue weighted by atomic mass is 10.2. The highest BCUT2D eigenvalue weighted by atomic mass is 79.9. The Labute approximate surface area is 123 Å². The van der Waals surface area contributed by atoms with Crippen LogP contribution in [0.2, 0.25) is 0 Å². The van der Waals surface area contributed by atoms with Gasteiger partial charge in [-0.05, 0) is 40.5 Å². The summed E-state index contributed by atoms with van der Waals surface area (Å²) < 4.78 is 7.09. The standard InChI is InChI=1S/C12H15Br2NO3/c1-2-9(6-16)15-12(17)7-18-11-4-3-8(13)5-10(11)14/h3-5,9,16H,2,6-7H2,1H3,(H,15,17)/t9-/m0/s1. The summed E-state index contributed by atoms with van der Waals surface area (Å²) in [4.78, 5) is 11.6. The van der Waals surface area contributed by atoms with Gasteiger partial charge in [0.05, 0.1) is 17.1 Å². The third-order valence-electron chi connectivity index (χ3n) is 2.33. The lowest BCUT2D eigenvalue weighted by molar-refractivity contribution is -0.124. The fraction of sp³-hybridized carbons (Fsp3) is 0.417. The van der Waals surface area contributed by atoms with E-state index in [1.165, 1.54) is 0 Å². The molecule has 0 aliphatic heterocycles. The molecule has 0 spiro atoms. The van der Waals surface area contributed by atoms with Gasteiger partial charge >= 0.3 is 0 Å². The number of carbonyl (C=O) groups is 1. The number of carbonyl (C=O) groups excluding carboxylic acids is 1. The Morgan fingerprint density at radius 1 is 1.50 bits per heavy atom. The molecule has 1 aromatic rings. The minimum atomic E-state index is -0.245. The van der Waals surface area contributed by atoms with Gasteiger partial charge in [0.25, 0.3) is 5.91 Å². The van der Waals surface area contributed by atoms with Crippen LogP contribution >= 0.6 is 31.9 Å². The number of hydrogen-bond donors (Lipinski definition) is 2. The van der Waals surface area contributed by atoms with Crippen molar-refractivity contribution in [3.05, 3.63) is 27.1 Å². The van der Waals surface area contributed by atoms with Gasteiger partial charge in [-0.25, -0.2) is 0 Å². The van der Waals surface area contributed by atoms with Crippen molar-refractivity contribution in [1.82, 2.24) is 5.32 Å². The molecule has 0 saturated carbocycles. The lowest BCUT2D eigenvalue weighted by Gasteiger charge is -2.14. The van der Waals surface area contributed by atoms with Crippen molar-refractivity contribution in [3.63, 3.8) is 0 Å². The van der Waals surface area contributed by atoms with Crippen molar-refractivity contribution in [1.29, 1.82) is 0 Å². The Balaban J connectivity index is 2.47. The highest BCUT2D eigenvalue weighted by Gasteiger charge is 2.10. The Morgan fingerprint density at radius 2 is 2.22 bits per heavy atom. The van der Waals surface area contributed by atoms with E-state index in [1.54, 1.807) is 6.07 Å². The zero-order chi connectivity index (χ0) is 13.5. The summed E-state index contributed by atoms with van der Waals surface area (Å²) in [5.41, 5.74) is 0. The first-order valence-corrected chi connectivity index (χ1v) is 7.13. The van der Waals surface area contributed by atoms with Crippen LogP contribution in [0.4, 0.5) is 0 Å². The maximum absolute atomic E-state index is 11.6. The van der Waals surface area contributed by atoms with Gasteiger partial charge in [-0.1, -0.05) is 22.9 Å². The highest BCUT2D eigenvalue weighted by Crippen LogP contribution is 2.27. The topological polar surface area (TPSA) is 58.6 Å². The third kappa shape index (κ3) is 4.96. The SMILES string of the molecule is CC[C@@H](CO)NC(=O)COc1ccc(Br)cc1Br. The van der Waals surface area contributed by atoms with Crippen molar-refractivity contribution >= 4 is 37.8 Å². The van der Waals surface area contributed by atoms with E-state index in [1.807, 2.05) is 19.1 Å². The first kappa shape index (κ1) is 15.5. The molecular weight excluding hydrogens is 366 g/mol. The molecule has 0 aliphatic rings. The smallest absolute Gasteiger partial charge is 0.258 e. The van der Waals surface area contributed by atoms with E-state index in [-0.39, 0.29) is 25.2 Å². The van der Waals surface area contributed by atoms with Crippen molar-refractivity contribution < 1.29 is 14.6 Å². The Bertz CT molecular complexity index is 408. The summed E-state index contributed by atoms with van der Waals surface area (Å²) in [7, 11) is 0. The van der Waals surface area contributed by atoms with Crippen molar-refractivity contribution in [3.8, 4) is 5.75 Å². The molecule has 0 aliphatic carbocycles. The summed E-state index contributed by atoms with van der Waals surface area (Å²) in [6.45, 7) is 1.76. The molecular formula is C12H15Br2NO3. The summed E-state index contributed by atoms with van der Waals surface area (Å²) in [5, 5.41) is 11.6. The van der Waals surface area contributed by atoms with Gasteiger partial charge in [-0.3, -0.25) is 4.79 Å². The molecule has 1 rings (SSSR count). The molecule has 0 bridgehead atoms. The largest absolute Gasteiger partial charge is 0.483 e. The Kier molecular flexibility index (Phi) is 6.67. The van der Waals surface area contributed by atoms with E-state index in [0.29, 0.717) is 12.2 Å². The highest BCUT2D eigenvalue weighted by molar-refractivity contribution is 9.11. The zero-order valence-corrected chi connectivity index (χ0v) is 13.1. The molecule has 1 atom stereocenters. The number of hydrogen-bond acceptors (Lipinski definition) is 3. The molecule has 6 heteroatoms. The van der Waals surface area contributed by atoms with Gasteiger partial charge in [-0.15, -0.1) is 0 Å². The number of aliphatic hydroxyl groups excluding tert-OH is 1. The van der Waals surface area contributed by atoms with E-state index >= 15 is 0 Å². The molecule has 100 valence electrons. The van der Waals surface area contributed by atoms with Crippen LogP contribution in [0.1, 0.15) is 13.3 Å². The molecule has 1 aromatic carbocycles. The first-order chi connectivity index (χ1) is 8.56. The molecule has 1 amide bonds. The van der Waals surface area contributed by atoms with Gasteiger partial charge in [-0.2, -0.15) is 0 Å². The Morgan fingerprint density at radius 3 is 2.78 bits per heavy atom. The van der Waals surface area contributed by atoms with Crippen LogP contribution in [0.25, 0.3) is 0 Å². The second kappa shape index (κ2) is 7.76. The maximum atomic E-state index is 11.6. The molecule has 0 fully saturated rings. The molecule has 0 heterocycles. The maximum Gasteiger partial charge on any atom is 0.258 e. The fourth-order valence-corrected chi connectivity index (χ4v) is 2.44. The van der Waals surface area contributed by atoms with Gasteiger partial charge in [0, 0.05) is 4.47 Å². The van der Waals surface area contributed by atoms with E-state index < -0.39 is 0 Å². The Hall–Kier alpha value is -0.590. The fourth-order valence-electron chi connectivity index (χ4n) is 1.28. The van der Waals surface area contributed by atoms with Gasteiger partial charge < -0.3 is 15.2 Å². The van der Waals surface area contributed by atoms with Crippen LogP contribution in [0.5, 0.6) is 5.75 Å². The summed E-state index contributed by atoms with van der Waals surface area (Å²) in [6, 6.07) is 5.23. The van der Waals surface area contributed by atoms with Gasteiger partial charge in [0.2, 0.25) is 0 Å². The van der Waals surface area contributed by atoms with Crippen LogP contribution < -0.4 is 10.1 Å². The van der Waals surface area contributed by atoms with Crippen molar-refractivity contribution in [2.24, 2.45) is 0 Å². The summed E-state index contributed by atoms with van der Waals surface area (Å²) in [5.74, 6) is 0.358. The minimum absolute atomic E-state index is 0.0653. The van der Waals surface area contributed by atoms with Crippen LogP contribution in [-0.2, 0) is 4.79 Å². The number of nitrogens with one attached hydrogen (secondary N) is 1. The average molecular weight is 381 g/mol. The summed E-state index contributed by atoms with van der Waals surface area (Å²) >= 11 is 6.68. The van der Waals surface area contributed by atoms with E-state index in [2.05, 4.69) is 37.2 Å². The second-order valence-electron chi connectivity index (χ2n) is 3.72. The quantitative estimate of drug-likeness (QED) is 0.796. The van der Waals surface area contributed by atoms with Crippen LogP contribution in [0.3, 0.4) is 0 Å². The van der Waals surface area contributed by atoms with Crippen molar-refractivity contribution in [2.45, 2.75) is 19.4 Å². The molecule has 0 radical (unpaired) electrons. The predicted molar refractivity (Wildman–Crippen MR) is 76.6 cm³/mol. The molecule has 0 saturated heterocycles. The molecule has 4 nitrogen and oxygen atoms in total. The minimum Gasteiger partial charge on any atom is -0.483 e. The molecule has 0 unspecified atom stereocenters. The van der Waals surface area contributed by atoms with Crippen LogP contribution in [0.15, 0.2) is 27.1 Å². The van der Waals surface area contributed by atoms with Crippen molar-refractivity contribution in [2.75, 3.05) is 13.2 Å².